The fourth-order valence-corrected chi connectivity index (χ4v) is 2.09. The van der Waals surface area contributed by atoms with Crippen LogP contribution in [0.3, 0.4) is 0 Å². The van der Waals surface area contributed by atoms with Crippen molar-refractivity contribution in [2.45, 2.75) is 0 Å². The third-order valence-corrected chi connectivity index (χ3v) is 2.87. The minimum atomic E-state index is -3.72. The van der Waals surface area contributed by atoms with Gasteiger partial charge in [0.25, 0.3) is 0 Å². The molecule has 0 heterocycles. The average Bonchev–Trinajstić information content (AvgIpc) is 2.46. The van der Waals surface area contributed by atoms with Crippen molar-refractivity contribution in [1.82, 2.24) is 0 Å². The van der Waals surface area contributed by atoms with Crippen molar-refractivity contribution in [2.75, 3.05) is 0 Å². The van der Waals surface area contributed by atoms with Crippen LogP contribution in [0, 0.1) is 0 Å². The van der Waals surface area contributed by atoms with Gasteiger partial charge in [-0.25, -0.2) is 0 Å². The number of hydrogen-bond donors (Lipinski definition) is 0. The Labute approximate surface area is 132 Å². The molecule has 0 aliphatic carbocycles. The van der Waals surface area contributed by atoms with Crippen LogP contribution >= 0.6 is 21.4 Å². The van der Waals surface area contributed by atoms with Crippen LogP contribution in [0.2, 0.25) is 0 Å². The molecule has 0 aromatic heterocycles. The second kappa shape index (κ2) is 6.94. The van der Waals surface area contributed by atoms with Gasteiger partial charge in [0.2, 0.25) is 0 Å². The van der Waals surface area contributed by atoms with Gasteiger partial charge in [-0.05, 0) is 21.9 Å². The number of halogens is 2. The Bertz CT molecular complexity index is 818. The summed E-state index contributed by atoms with van der Waals surface area (Å²) in [7, 11) is 4.81. The first kappa shape index (κ1) is 15.8. The summed E-state index contributed by atoms with van der Waals surface area (Å²) >= 11 is 0. The van der Waals surface area contributed by atoms with Crippen LogP contribution < -0.4 is 0 Å². The Balaban J connectivity index is 0.000000282. The van der Waals surface area contributed by atoms with Crippen LogP contribution in [0.4, 0.5) is 0 Å². The topological polar surface area (TPSA) is 34.1 Å². The van der Waals surface area contributed by atoms with Crippen LogP contribution in [-0.4, -0.2) is 8.42 Å². The van der Waals surface area contributed by atoms with Gasteiger partial charge in [0.15, 0.2) is 0 Å². The Hall–Kier alpha value is -1.55. The molecule has 3 aromatic carbocycles. The summed E-state index contributed by atoms with van der Waals surface area (Å²) in [6.45, 7) is 0. The molecule has 108 valence electrons. The van der Waals surface area contributed by atoms with Gasteiger partial charge in [0, 0.05) is 21.4 Å². The lowest BCUT2D eigenvalue weighted by molar-refractivity contribution is 0.621. The van der Waals surface area contributed by atoms with E-state index < -0.39 is 8.26 Å². The van der Waals surface area contributed by atoms with Crippen molar-refractivity contribution >= 4 is 40.4 Å². The highest BCUT2D eigenvalue weighted by Gasteiger charge is 2.01. The van der Waals surface area contributed by atoms with E-state index in [4.69, 9.17) is 8.42 Å². The number of hydrogen-bond acceptors (Lipinski definition) is 2. The second-order valence-corrected chi connectivity index (χ2v) is 7.94. The van der Waals surface area contributed by atoms with Crippen molar-refractivity contribution in [3.63, 3.8) is 0 Å². The molecule has 0 aliphatic heterocycles. The van der Waals surface area contributed by atoms with E-state index in [1.165, 1.54) is 21.9 Å². The van der Waals surface area contributed by atoms with Gasteiger partial charge in [-0.15, -0.1) is 0 Å². The summed E-state index contributed by atoms with van der Waals surface area (Å²) in [6.07, 6.45) is 0. The molecule has 0 unspecified atom stereocenters. The Morgan fingerprint density at radius 1 is 0.667 bits per heavy atom. The monoisotopic (exact) mass is 338 g/mol. The Morgan fingerprint density at radius 2 is 1.19 bits per heavy atom. The quantitative estimate of drug-likeness (QED) is 0.570. The lowest BCUT2D eigenvalue weighted by atomic mass is 9.98. The van der Waals surface area contributed by atoms with E-state index in [0.29, 0.717) is 0 Å². The van der Waals surface area contributed by atoms with Crippen LogP contribution in [-0.2, 0) is 8.26 Å². The van der Waals surface area contributed by atoms with Gasteiger partial charge in [-0.1, -0.05) is 72.8 Å². The predicted molar refractivity (Wildman–Crippen MR) is 90.0 cm³/mol. The van der Waals surface area contributed by atoms with Gasteiger partial charge in [0.1, 0.15) is 0 Å². The molecule has 0 N–H and O–H groups in total. The molecule has 0 aliphatic rings. The predicted octanol–water partition coefficient (Wildman–Crippen LogP) is 5.22. The van der Waals surface area contributed by atoms with E-state index in [9.17, 15) is 0 Å². The maximum absolute atomic E-state index is 9.16. The number of rotatable bonds is 1. The zero-order chi connectivity index (χ0) is 15.3. The van der Waals surface area contributed by atoms with E-state index in [0.717, 1.165) is 0 Å². The highest BCUT2D eigenvalue weighted by molar-refractivity contribution is 8.31. The summed E-state index contributed by atoms with van der Waals surface area (Å²) in [5, 5.41) is 2.61. The SMILES string of the molecule is O=S(=O)(Cl)Cl.c1ccc(-c2cccc3ccccc23)cc1. The fourth-order valence-electron chi connectivity index (χ4n) is 2.09. The molecule has 5 heteroatoms. The van der Waals surface area contributed by atoms with E-state index in [-0.39, 0.29) is 0 Å². The maximum atomic E-state index is 9.16. The molecule has 0 atom stereocenters. The average molecular weight is 339 g/mol. The number of benzene rings is 3. The smallest absolute Gasteiger partial charge is 0.195 e. The Kier molecular flexibility index (Phi) is 5.23. The van der Waals surface area contributed by atoms with Crippen LogP contribution in [0.5, 0.6) is 0 Å². The van der Waals surface area contributed by atoms with E-state index in [2.05, 4.69) is 94.2 Å². The first-order chi connectivity index (χ1) is 9.95. The van der Waals surface area contributed by atoms with Crippen LogP contribution in [0.1, 0.15) is 0 Å². The van der Waals surface area contributed by atoms with Gasteiger partial charge in [-0.3, -0.25) is 0 Å². The third-order valence-electron chi connectivity index (χ3n) is 2.87. The maximum Gasteiger partial charge on any atom is 0.317 e. The Morgan fingerprint density at radius 3 is 1.86 bits per heavy atom. The van der Waals surface area contributed by atoms with Crippen molar-refractivity contribution in [1.29, 1.82) is 0 Å². The second-order valence-electron chi connectivity index (χ2n) is 4.27. The zero-order valence-corrected chi connectivity index (χ0v) is 13.2. The summed E-state index contributed by atoms with van der Waals surface area (Å²) < 4.78 is 18.3. The molecule has 3 aromatic rings. The van der Waals surface area contributed by atoms with E-state index in [1.54, 1.807) is 0 Å². The minimum Gasteiger partial charge on any atom is -0.195 e. The van der Waals surface area contributed by atoms with E-state index >= 15 is 0 Å². The summed E-state index contributed by atoms with van der Waals surface area (Å²) in [5.74, 6) is 0. The molecule has 0 saturated carbocycles. The number of fused-ring (bicyclic) bond motifs is 1. The molecule has 0 amide bonds. The van der Waals surface area contributed by atoms with Crippen molar-refractivity contribution in [3.8, 4) is 11.1 Å². The van der Waals surface area contributed by atoms with Crippen molar-refractivity contribution < 1.29 is 8.42 Å². The highest BCUT2D eigenvalue weighted by atomic mass is 36.0. The van der Waals surface area contributed by atoms with Crippen LogP contribution in [0.15, 0.2) is 72.8 Å². The van der Waals surface area contributed by atoms with Crippen molar-refractivity contribution in [3.05, 3.63) is 72.8 Å². The molecule has 0 spiro atoms. The van der Waals surface area contributed by atoms with Crippen molar-refractivity contribution in [2.24, 2.45) is 0 Å². The largest absolute Gasteiger partial charge is 0.317 e. The van der Waals surface area contributed by atoms with Gasteiger partial charge >= 0.3 is 8.26 Å². The molecule has 2 nitrogen and oxygen atoms in total. The minimum absolute atomic E-state index is 1.28. The summed E-state index contributed by atoms with van der Waals surface area (Å²) in [6, 6.07) is 25.5. The standard InChI is InChI=1S/C16H12.Cl2O2S/c1-2-7-13(8-3-1)16-12-6-10-14-9-4-5-11-15(14)16;1-5(2,3)4/h1-12H;. The fraction of sp³-hybridized carbons (Fsp3) is 0. The summed E-state index contributed by atoms with van der Waals surface area (Å²) in [4.78, 5) is 0. The zero-order valence-electron chi connectivity index (χ0n) is 10.9. The van der Waals surface area contributed by atoms with Gasteiger partial charge in [-0.2, -0.15) is 8.42 Å². The molecule has 0 fully saturated rings. The summed E-state index contributed by atoms with van der Waals surface area (Å²) in [5.41, 5.74) is 2.58. The molecule has 21 heavy (non-hydrogen) atoms. The lowest BCUT2D eigenvalue weighted by Crippen LogP contribution is -1.79. The highest BCUT2D eigenvalue weighted by Crippen LogP contribution is 2.27. The molecule has 0 bridgehead atoms. The third kappa shape index (κ3) is 5.05. The van der Waals surface area contributed by atoms with Gasteiger partial charge in [0.05, 0.1) is 0 Å². The first-order valence-electron chi connectivity index (χ1n) is 6.12. The van der Waals surface area contributed by atoms with Gasteiger partial charge < -0.3 is 0 Å². The molecule has 0 saturated heterocycles. The lowest BCUT2D eigenvalue weighted by Gasteiger charge is -2.06. The van der Waals surface area contributed by atoms with E-state index in [1.807, 2.05) is 0 Å². The van der Waals surface area contributed by atoms with Crippen LogP contribution in [0.25, 0.3) is 21.9 Å². The normalized spacial score (nSPS) is 10.8. The molecule has 0 radical (unpaired) electrons. The first-order valence-corrected chi connectivity index (χ1v) is 9.26. The molecular formula is C16H12Cl2O2S. The molecular weight excluding hydrogens is 327 g/mol. The molecule has 3 rings (SSSR count).